The van der Waals surface area contributed by atoms with Crippen LogP contribution in [0, 0.1) is 0 Å². The number of furan rings is 1. The minimum Gasteiger partial charge on any atom is -0.454 e. The summed E-state index contributed by atoms with van der Waals surface area (Å²) in [5, 5.41) is 1.03. The Bertz CT molecular complexity index is 1020. The average Bonchev–Trinajstić information content (AvgIpc) is 3.08. The molecule has 1 heterocycles. The number of rotatable bonds is 5. The summed E-state index contributed by atoms with van der Waals surface area (Å²) in [6.45, 7) is 10.0. The summed E-state index contributed by atoms with van der Waals surface area (Å²) >= 11 is 0. The molecule has 0 aliphatic rings. The zero-order chi connectivity index (χ0) is 18.5. The molecule has 0 unspecified atom stereocenters. The SMILES string of the molecule is C=Cc1c(/C(C)=C\C)oc2c(N=C/C(=C\C)c3ccccc3)cccc12. The van der Waals surface area contributed by atoms with Crippen LogP contribution in [0.2, 0.25) is 0 Å². The summed E-state index contributed by atoms with van der Waals surface area (Å²) in [6, 6.07) is 16.3. The highest BCUT2D eigenvalue weighted by Gasteiger charge is 2.15. The molecule has 2 nitrogen and oxygen atoms in total. The zero-order valence-corrected chi connectivity index (χ0v) is 15.5. The van der Waals surface area contributed by atoms with Gasteiger partial charge in [-0.3, -0.25) is 4.99 Å². The molecule has 2 aromatic carbocycles. The van der Waals surface area contributed by atoms with Gasteiger partial charge in [-0.15, -0.1) is 0 Å². The largest absolute Gasteiger partial charge is 0.454 e. The Labute approximate surface area is 154 Å². The van der Waals surface area contributed by atoms with Crippen LogP contribution in [0.4, 0.5) is 5.69 Å². The molecule has 26 heavy (non-hydrogen) atoms. The van der Waals surface area contributed by atoms with E-state index in [-0.39, 0.29) is 0 Å². The molecule has 0 fully saturated rings. The zero-order valence-electron chi connectivity index (χ0n) is 15.5. The highest BCUT2D eigenvalue weighted by Crippen LogP contribution is 2.36. The van der Waals surface area contributed by atoms with Crippen molar-refractivity contribution in [3.8, 4) is 0 Å². The van der Waals surface area contributed by atoms with Crippen molar-refractivity contribution in [2.75, 3.05) is 0 Å². The lowest BCUT2D eigenvalue weighted by Crippen LogP contribution is -1.84. The summed E-state index contributed by atoms with van der Waals surface area (Å²) < 4.78 is 6.17. The predicted octanol–water partition coefficient (Wildman–Crippen LogP) is 7.30. The second-order valence-electron chi connectivity index (χ2n) is 6.04. The molecule has 130 valence electrons. The number of fused-ring (bicyclic) bond motifs is 1. The van der Waals surface area contributed by atoms with E-state index < -0.39 is 0 Å². The molecular formula is C24H23NO. The van der Waals surface area contributed by atoms with Crippen molar-refractivity contribution in [1.29, 1.82) is 0 Å². The molecule has 0 radical (unpaired) electrons. The number of nitrogens with zero attached hydrogens (tertiary/aromatic N) is 1. The van der Waals surface area contributed by atoms with E-state index in [0.29, 0.717) is 0 Å². The van der Waals surface area contributed by atoms with Gasteiger partial charge in [0.15, 0.2) is 5.58 Å². The molecule has 3 aromatic rings. The Kier molecular flexibility index (Phi) is 5.33. The minimum atomic E-state index is 0.790. The van der Waals surface area contributed by atoms with Gasteiger partial charge < -0.3 is 4.42 Å². The minimum absolute atomic E-state index is 0.790. The van der Waals surface area contributed by atoms with Gasteiger partial charge in [-0.25, -0.2) is 0 Å². The van der Waals surface area contributed by atoms with E-state index in [1.807, 2.05) is 69.5 Å². The van der Waals surface area contributed by atoms with Crippen LogP contribution in [-0.4, -0.2) is 6.21 Å². The van der Waals surface area contributed by atoms with Gasteiger partial charge in [0.25, 0.3) is 0 Å². The Morgan fingerprint density at radius 3 is 2.42 bits per heavy atom. The normalized spacial score (nSPS) is 12.9. The van der Waals surface area contributed by atoms with Crippen molar-refractivity contribution >= 4 is 40.1 Å². The van der Waals surface area contributed by atoms with Gasteiger partial charge in [-0.1, -0.05) is 67.3 Å². The van der Waals surface area contributed by atoms with Crippen LogP contribution in [0.15, 0.2) is 76.7 Å². The van der Waals surface area contributed by atoms with E-state index in [1.54, 1.807) is 0 Å². The first-order chi connectivity index (χ1) is 12.7. The molecule has 0 atom stereocenters. The number of allylic oxidation sites excluding steroid dienone is 4. The summed E-state index contributed by atoms with van der Waals surface area (Å²) in [5.74, 6) is 0.856. The molecule has 0 spiro atoms. The first kappa shape index (κ1) is 17.7. The third-order valence-electron chi connectivity index (χ3n) is 4.49. The lowest BCUT2D eigenvalue weighted by Gasteiger charge is -2.01. The standard InChI is InChI=1S/C24H23NO/c1-5-17(4)23-20(7-3)21-14-11-15-22(24(21)26-23)25-16-18(6-2)19-12-9-8-10-13-19/h5-16H,3H2,1-2,4H3/b17-5-,18-6+,25-16?. The molecule has 0 bridgehead atoms. The number of aliphatic imine (C=N–C) groups is 1. The summed E-state index contributed by atoms with van der Waals surface area (Å²) in [7, 11) is 0. The maximum Gasteiger partial charge on any atom is 0.161 e. The predicted molar refractivity (Wildman–Crippen MR) is 114 cm³/mol. The van der Waals surface area contributed by atoms with Gasteiger partial charge in [0.2, 0.25) is 0 Å². The smallest absolute Gasteiger partial charge is 0.161 e. The number of para-hydroxylation sites is 1. The fourth-order valence-electron chi connectivity index (χ4n) is 2.94. The number of hydrogen-bond acceptors (Lipinski definition) is 2. The van der Waals surface area contributed by atoms with E-state index in [1.165, 1.54) is 0 Å². The van der Waals surface area contributed by atoms with Gasteiger partial charge in [-0.2, -0.15) is 0 Å². The van der Waals surface area contributed by atoms with Crippen LogP contribution >= 0.6 is 0 Å². The maximum absolute atomic E-state index is 6.17. The van der Waals surface area contributed by atoms with Crippen LogP contribution < -0.4 is 0 Å². The van der Waals surface area contributed by atoms with Crippen LogP contribution in [0.25, 0.3) is 28.2 Å². The molecule has 3 rings (SSSR count). The fourth-order valence-corrected chi connectivity index (χ4v) is 2.94. The van der Waals surface area contributed by atoms with Crippen molar-refractivity contribution in [3.63, 3.8) is 0 Å². The monoisotopic (exact) mass is 341 g/mol. The molecule has 0 saturated carbocycles. The van der Waals surface area contributed by atoms with Crippen molar-refractivity contribution in [1.82, 2.24) is 0 Å². The van der Waals surface area contributed by atoms with E-state index in [0.717, 1.165) is 44.7 Å². The number of hydrogen-bond donors (Lipinski definition) is 0. The molecule has 0 amide bonds. The molecular weight excluding hydrogens is 318 g/mol. The molecule has 0 aliphatic heterocycles. The van der Waals surface area contributed by atoms with Crippen molar-refractivity contribution in [2.24, 2.45) is 4.99 Å². The Morgan fingerprint density at radius 1 is 1.00 bits per heavy atom. The topological polar surface area (TPSA) is 25.5 Å². The first-order valence-electron chi connectivity index (χ1n) is 8.76. The van der Waals surface area contributed by atoms with Crippen LogP contribution in [0.3, 0.4) is 0 Å². The Hall–Kier alpha value is -3.13. The summed E-state index contributed by atoms with van der Waals surface area (Å²) in [5.41, 5.74) is 5.92. The van der Waals surface area contributed by atoms with Crippen molar-refractivity contribution in [3.05, 3.63) is 84.1 Å². The Morgan fingerprint density at radius 2 is 1.77 bits per heavy atom. The summed E-state index contributed by atoms with van der Waals surface area (Å²) in [6.07, 6.45) is 7.85. The van der Waals surface area contributed by atoms with E-state index in [4.69, 9.17) is 9.41 Å². The molecule has 1 aromatic heterocycles. The van der Waals surface area contributed by atoms with Crippen molar-refractivity contribution in [2.45, 2.75) is 20.8 Å². The summed E-state index contributed by atoms with van der Waals surface area (Å²) in [4.78, 5) is 4.72. The van der Waals surface area contributed by atoms with Crippen LogP contribution in [0.5, 0.6) is 0 Å². The highest BCUT2D eigenvalue weighted by atomic mass is 16.3. The second kappa shape index (κ2) is 7.83. The Balaban J connectivity index is 2.09. The molecule has 0 saturated heterocycles. The average molecular weight is 341 g/mol. The van der Waals surface area contributed by atoms with Crippen LogP contribution in [0.1, 0.15) is 37.7 Å². The first-order valence-corrected chi connectivity index (χ1v) is 8.76. The van der Waals surface area contributed by atoms with Crippen molar-refractivity contribution < 1.29 is 4.42 Å². The van der Waals surface area contributed by atoms with Gasteiger partial charge in [0, 0.05) is 17.2 Å². The highest BCUT2D eigenvalue weighted by molar-refractivity contribution is 6.11. The van der Waals surface area contributed by atoms with E-state index in [9.17, 15) is 0 Å². The molecule has 0 N–H and O–H groups in total. The van der Waals surface area contributed by atoms with Gasteiger partial charge in [0.05, 0.1) is 0 Å². The second-order valence-corrected chi connectivity index (χ2v) is 6.04. The van der Waals surface area contributed by atoms with Crippen LogP contribution in [-0.2, 0) is 0 Å². The van der Waals surface area contributed by atoms with E-state index >= 15 is 0 Å². The maximum atomic E-state index is 6.17. The molecule has 0 aliphatic carbocycles. The lowest BCUT2D eigenvalue weighted by atomic mass is 10.1. The van der Waals surface area contributed by atoms with E-state index in [2.05, 4.69) is 30.9 Å². The quantitative estimate of drug-likeness (QED) is 0.447. The number of benzene rings is 2. The van der Waals surface area contributed by atoms with Gasteiger partial charge in [0.1, 0.15) is 11.4 Å². The fraction of sp³-hybridized carbons (Fsp3) is 0.125. The van der Waals surface area contributed by atoms with Gasteiger partial charge in [-0.05, 0) is 43.5 Å². The molecule has 2 heteroatoms. The third-order valence-corrected chi connectivity index (χ3v) is 4.49. The third kappa shape index (κ3) is 3.31. The lowest BCUT2D eigenvalue weighted by molar-refractivity contribution is 0.599. The van der Waals surface area contributed by atoms with Gasteiger partial charge >= 0.3 is 0 Å².